The van der Waals surface area contributed by atoms with Gasteiger partial charge >= 0.3 is 0 Å². The van der Waals surface area contributed by atoms with E-state index in [0.717, 1.165) is 34.6 Å². The Morgan fingerprint density at radius 1 is 1.18 bits per heavy atom. The van der Waals surface area contributed by atoms with Crippen LogP contribution in [0.25, 0.3) is 0 Å². The summed E-state index contributed by atoms with van der Waals surface area (Å²) in [6.45, 7) is 5.54. The molecule has 1 heterocycles. The number of aryl methyl sites for hydroxylation is 2. The quantitative estimate of drug-likeness (QED) is 0.940. The zero-order valence-electron chi connectivity index (χ0n) is 9.96. The zero-order chi connectivity index (χ0) is 12.3. The Morgan fingerprint density at radius 3 is 2.47 bits per heavy atom. The summed E-state index contributed by atoms with van der Waals surface area (Å²) in [7, 11) is 0. The fourth-order valence-electron chi connectivity index (χ4n) is 1.69. The van der Waals surface area contributed by atoms with Gasteiger partial charge in [0.2, 0.25) is 0 Å². The van der Waals surface area contributed by atoms with Gasteiger partial charge in [-0.2, -0.15) is 0 Å². The van der Waals surface area contributed by atoms with Crippen molar-refractivity contribution in [3.05, 3.63) is 51.3 Å². The first-order valence-electron chi connectivity index (χ1n) is 5.53. The van der Waals surface area contributed by atoms with Crippen molar-refractivity contribution in [1.82, 2.24) is 10.5 Å². The van der Waals surface area contributed by atoms with Crippen molar-refractivity contribution < 1.29 is 4.52 Å². The highest BCUT2D eigenvalue weighted by molar-refractivity contribution is 9.10. The average Bonchev–Trinajstić information content (AvgIpc) is 2.63. The van der Waals surface area contributed by atoms with Crippen LogP contribution in [0.3, 0.4) is 0 Å². The predicted octanol–water partition coefficient (Wildman–Crippen LogP) is 3.34. The van der Waals surface area contributed by atoms with Gasteiger partial charge in [0.1, 0.15) is 5.76 Å². The molecule has 0 fully saturated rings. The molecule has 1 N–H and O–H groups in total. The number of nitrogens with one attached hydrogen (secondary N) is 1. The van der Waals surface area contributed by atoms with Crippen LogP contribution in [0.15, 0.2) is 33.3 Å². The molecule has 0 aliphatic carbocycles. The molecule has 0 aliphatic heterocycles. The normalized spacial score (nSPS) is 10.8. The molecule has 0 amide bonds. The summed E-state index contributed by atoms with van der Waals surface area (Å²) in [5, 5.41) is 7.32. The summed E-state index contributed by atoms with van der Waals surface area (Å²) in [6.07, 6.45) is 0. The van der Waals surface area contributed by atoms with Gasteiger partial charge < -0.3 is 9.84 Å². The van der Waals surface area contributed by atoms with Gasteiger partial charge in [0, 0.05) is 23.1 Å². The first-order valence-corrected chi connectivity index (χ1v) is 6.33. The van der Waals surface area contributed by atoms with Crippen molar-refractivity contribution in [1.29, 1.82) is 0 Å². The first kappa shape index (κ1) is 12.3. The Hall–Kier alpha value is -1.13. The molecule has 0 saturated carbocycles. The molecule has 0 bridgehead atoms. The van der Waals surface area contributed by atoms with Gasteiger partial charge in [0.05, 0.1) is 5.69 Å². The molecule has 90 valence electrons. The number of nitrogens with zero attached hydrogens (tertiary/aromatic N) is 1. The molecule has 17 heavy (non-hydrogen) atoms. The lowest BCUT2D eigenvalue weighted by Gasteiger charge is -2.04. The molecule has 1 aromatic heterocycles. The van der Waals surface area contributed by atoms with Crippen LogP contribution < -0.4 is 5.32 Å². The number of hydrogen-bond acceptors (Lipinski definition) is 3. The fourth-order valence-corrected chi connectivity index (χ4v) is 1.95. The lowest BCUT2D eigenvalue weighted by Crippen LogP contribution is -2.13. The van der Waals surface area contributed by atoms with Crippen molar-refractivity contribution in [2.45, 2.75) is 26.9 Å². The van der Waals surface area contributed by atoms with Gasteiger partial charge in [-0.1, -0.05) is 33.2 Å². The van der Waals surface area contributed by atoms with Crippen LogP contribution in [0.4, 0.5) is 0 Å². The number of halogens is 1. The van der Waals surface area contributed by atoms with E-state index in [1.54, 1.807) is 0 Å². The molecule has 0 unspecified atom stereocenters. The molecule has 0 radical (unpaired) electrons. The average molecular weight is 295 g/mol. The van der Waals surface area contributed by atoms with Gasteiger partial charge in [0.15, 0.2) is 0 Å². The largest absolute Gasteiger partial charge is 0.361 e. The van der Waals surface area contributed by atoms with E-state index < -0.39 is 0 Å². The van der Waals surface area contributed by atoms with Crippen molar-refractivity contribution >= 4 is 15.9 Å². The van der Waals surface area contributed by atoms with E-state index in [-0.39, 0.29) is 0 Å². The molecule has 0 atom stereocenters. The van der Waals surface area contributed by atoms with E-state index in [2.05, 4.69) is 38.5 Å². The maximum Gasteiger partial charge on any atom is 0.138 e. The van der Waals surface area contributed by atoms with Crippen LogP contribution in [0.2, 0.25) is 0 Å². The van der Waals surface area contributed by atoms with E-state index in [1.807, 2.05) is 26.0 Å². The molecule has 2 rings (SSSR count). The topological polar surface area (TPSA) is 38.1 Å². The van der Waals surface area contributed by atoms with Crippen LogP contribution in [0, 0.1) is 13.8 Å². The lowest BCUT2D eigenvalue weighted by atomic mass is 10.2. The molecule has 3 nitrogen and oxygen atoms in total. The standard InChI is InChI=1S/C13H15BrN2O/c1-9-13(10(2)17-16-9)8-15-7-11-3-5-12(14)6-4-11/h3-6,15H,7-8H2,1-2H3. The van der Waals surface area contributed by atoms with Crippen LogP contribution >= 0.6 is 15.9 Å². The van der Waals surface area contributed by atoms with Crippen molar-refractivity contribution in [2.75, 3.05) is 0 Å². The second-order valence-corrected chi connectivity index (χ2v) is 4.95. The first-order chi connectivity index (χ1) is 8.16. The Balaban J connectivity index is 1.90. The van der Waals surface area contributed by atoms with Crippen molar-refractivity contribution in [3.63, 3.8) is 0 Å². The van der Waals surface area contributed by atoms with E-state index >= 15 is 0 Å². The molecular formula is C13H15BrN2O. The van der Waals surface area contributed by atoms with Gasteiger partial charge in [-0.05, 0) is 31.5 Å². The molecule has 1 aromatic carbocycles. The Morgan fingerprint density at radius 2 is 1.88 bits per heavy atom. The summed E-state index contributed by atoms with van der Waals surface area (Å²) in [6, 6.07) is 8.30. The van der Waals surface area contributed by atoms with Crippen molar-refractivity contribution in [3.8, 4) is 0 Å². The van der Waals surface area contributed by atoms with Gasteiger partial charge in [0.25, 0.3) is 0 Å². The van der Waals surface area contributed by atoms with Crippen LogP contribution in [0.1, 0.15) is 22.6 Å². The molecule has 0 spiro atoms. The minimum absolute atomic E-state index is 0.789. The minimum Gasteiger partial charge on any atom is -0.361 e. The molecule has 0 saturated heterocycles. The Bertz CT molecular complexity index is 471. The summed E-state index contributed by atoms with van der Waals surface area (Å²) in [5.41, 5.74) is 3.38. The second-order valence-electron chi connectivity index (χ2n) is 4.03. The van der Waals surface area contributed by atoms with Crippen LogP contribution in [0.5, 0.6) is 0 Å². The Kier molecular flexibility index (Phi) is 3.97. The number of rotatable bonds is 4. The third-order valence-electron chi connectivity index (χ3n) is 2.73. The third-order valence-corrected chi connectivity index (χ3v) is 3.25. The third kappa shape index (κ3) is 3.17. The van der Waals surface area contributed by atoms with E-state index in [4.69, 9.17) is 4.52 Å². The maximum atomic E-state index is 5.12. The summed E-state index contributed by atoms with van der Waals surface area (Å²) >= 11 is 3.42. The van der Waals surface area contributed by atoms with E-state index in [1.165, 1.54) is 5.56 Å². The minimum atomic E-state index is 0.789. The molecule has 2 aromatic rings. The summed E-state index contributed by atoms with van der Waals surface area (Å²) in [4.78, 5) is 0. The van der Waals surface area contributed by atoms with Crippen molar-refractivity contribution in [2.24, 2.45) is 0 Å². The smallest absolute Gasteiger partial charge is 0.138 e. The Labute approximate surface area is 109 Å². The van der Waals surface area contributed by atoms with Crippen LogP contribution in [-0.4, -0.2) is 5.16 Å². The fraction of sp³-hybridized carbons (Fsp3) is 0.308. The summed E-state index contributed by atoms with van der Waals surface area (Å²) in [5.74, 6) is 0.894. The van der Waals surface area contributed by atoms with Gasteiger partial charge in [-0.3, -0.25) is 0 Å². The van der Waals surface area contributed by atoms with Gasteiger partial charge in [-0.25, -0.2) is 0 Å². The highest BCUT2D eigenvalue weighted by Gasteiger charge is 2.07. The second kappa shape index (κ2) is 5.47. The maximum absolute atomic E-state index is 5.12. The predicted molar refractivity (Wildman–Crippen MR) is 70.7 cm³/mol. The summed E-state index contributed by atoms with van der Waals surface area (Å²) < 4.78 is 6.22. The highest BCUT2D eigenvalue weighted by Crippen LogP contribution is 2.13. The SMILES string of the molecule is Cc1noc(C)c1CNCc1ccc(Br)cc1. The number of hydrogen-bond donors (Lipinski definition) is 1. The van der Waals surface area contributed by atoms with Crippen LogP contribution in [-0.2, 0) is 13.1 Å². The highest BCUT2D eigenvalue weighted by atomic mass is 79.9. The lowest BCUT2D eigenvalue weighted by molar-refractivity contribution is 0.392. The molecule has 0 aliphatic rings. The van der Waals surface area contributed by atoms with E-state index in [0.29, 0.717) is 0 Å². The zero-order valence-corrected chi connectivity index (χ0v) is 11.5. The van der Waals surface area contributed by atoms with Gasteiger partial charge in [-0.15, -0.1) is 0 Å². The molecular weight excluding hydrogens is 280 g/mol. The van der Waals surface area contributed by atoms with E-state index in [9.17, 15) is 0 Å². The number of aromatic nitrogens is 1. The monoisotopic (exact) mass is 294 g/mol. The molecule has 4 heteroatoms. The number of benzene rings is 1.